The summed E-state index contributed by atoms with van der Waals surface area (Å²) in [6.07, 6.45) is 1.41. The van der Waals surface area contributed by atoms with Crippen molar-refractivity contribution in [2.45, 2.75) is 32.2 Å². The van der Waals surface area contributed by atoms with Crippen LogP contribution in [0.25, 0.3) is 0 Å². The number of carbonyl (C=O) groups excluding carboxylic acids is 3. The molecule has 0 aromatic heterocycles. The third-order valence-electron chi connectivity index (χ3n) is 3.41. The van der Waals surface area contributed by atoms with Crippen molar-refractivity contribution in [1.82, 2.24) is 10.2 Å². The quantitative estimate of drug-likeness (QED) is 0.645. The maximum Gasteiger partial charge on any atom is 0.324 e. The van der Waals surface area contributed by atoms with Crippen LogP contribution in [0.15, 0.2) is 24.3 Å². The van der Waals surface area contributed by atoms with Crippen LogP contribution in [0.1, 0.15) is 36.5 Å². The van der Waals surface area contributed by atoms with E-state index in [1.807, 2.05) is 6.92 Å². The highest BCUT2D eigenvalue weighted by atomic mass is 19.1. The van der Waals surface area contributed by atoms with Gasteiger partial charge in [-0.2, -0.15) is 0 Å². The first-order valence-electron chi connectivity index (χ1n) is 6.93. The highest BCUT2D eigenvalue weighted by molar-refractivity contribution is 6.05. The van der Waals surface area contributed by atoms with Gasteiger partial charge in [-0.15, -0.1) is 0 Å². The molecule has 0 bridgehead atoms. The Morgan fingerprint density at radius 1 is 1.29 bits per heavy atom. The molecule has 1 fully saturated rings. The number of urea groups is 1. The van der Waals surface area contributed by atoms with Gasteiger partial charge in [0, 0.05) is 18.5 Å². The van der Waals surface area contributed by atoms with Crippen LogP contribution < -0.4 is 5.32 Å². The van der Waals surface area contributed by atoms with Gasteiger partial charge in [-0.05, 0) is 30.7 Å². The topological polar surface area (TPSA) is 66.5 Å². The number of Topliss-reactive ketones (excluding diaryl/α,β-unsaturated/α-hetero) is 1. The summed E-state index contributed by atoms with van der Waals surface area (Å²) in [6, 6.07) is 4.26. The van der Waals surface area contributed by atoms with E-state index in [0.717, 1.165) is 11.3 Å². The Balaban J connectivity index is 1.93. The Morgan fingerprint density at radius 2 is 1.95 bits per heavy atom. The molecule has 0 aliphatic carbocycles. The van der Waals surface area contributed by atoms with Gasteiger partial charge in [-0.3, -0.25) is 14.5 Å². The SMILES string of the molecule is CCCC1NC(=O)N(CCC(=O)c2ccc(F)cc2)C1=O. The number of rotatable bonds is 6. The molecule has 0 saturated carbocycles. The summed E-state index contributed by atoms with van der Waals surface area (Å²) in [5, 5.41) is 2.60. The number of nitrogens with zero attached hydrogens (tertiary/aromatic N) is 1. The predicted octanol–water partition coefficient (Wildman–Crippen LogP) is 2.12. The maximum atomic E-state index is 12.8. The molecule has 1 aliphatic heterocycles. The molecule has 112 valence electrons. The summed E-state index contributed by atoms with van der Waals surface area (Å²) < 4.78 is 12.8. The zero-order valence-corrected chi connectivity index (χ0v) is 11.8. The predicted molar refractivity (Wildman–Crippen MR) is 74.3 cm³/mol. The molecule has 1 aliphatic rings. The minimum Gasteiger partial charge on any atom is -0.326 e. The first-order chi connectivity index (χ1) is 10.0. The third kappa shape index (κ3) is 3.45. The van der Waals surface area contributed by atoms with E-state index in [1.165, 1.54) is 24.3 Å². The second kappa shape index (κ2) is 6.47. The minimum atomic E-state index is -0.483. The van der Waals surface area contributed by atoms with Crippen LogP contribution in [0, 0.1) is 5.82 Å². The summed E-state index contributed by atoms with van der Waals surface area (Å²) >= 11 is 0. The lowest BCUT2D eigenvalue weighted by atomic mass is 10.1. The minimum absolute atomic E-state index is 0.0314. The van der Waals surface area contributed by atoms with Crippen LogP contribution in [0.3, 0.4) is 0 Å². The number of carbonyl (C=O) groups is 3. The molecule has 2 rings (SSSR count). The van der Waals surface area contributed by atoms with Crippen molar-refractivity contribution in [2.24, 2.45) is 0 Å². The Morgan fingerprint density at radius 3 is 2.57 bits per heavy atom. The van der Waals surface area contributed by atoms with Gasteiger partial charge in [0.15, 0.2) is 5.78 Å². The number of halogens is 1. The van der Waals surface area contributed by atoms with Crippen LogP contribution in [0.4, 0.5) is 9.18 Å². The number of nitrogens with one attached hydrogen (secondary N) is 1. The summed E-state index contributed by atoms with van der Waals surface area (Å²) in [6.45, 7) is 1.97. The largest absolute Gasteiger partial charge is 0.326 e. The number of ketones is 1. The fraction of sp³-hybridized carbons (Fsp3) is 0.400. The molecular weight excluding hydrogens is 275 g/mol. The Hall–Kier alpha value is -2.24. The Labute approximate surface area is 122 Å². The van der Waals surface area contributed by atoms with Crippen LogP contribution in [-0.2, 0) is 4.79 Å². The lowest BCUT2D eigenvalue weighted by Gasteiger charge is -2.12. The van der Waals surface area contributed by atoms with Crippen molar-refractivity contribution in [3.05, 3.63) is 35.6 Å². The molecule has 1 N–H and O–H groups in total. The molecule has 1 saturated heterocycles. The summed E-state index contributed by atoms with van der Waals surface area (Å²) in [5.41, 5.74) is 0.369. The number of hydrogen-bond donors (Lipinski definition) is 1. The highest BCUT2D eigenvalue weighted by Crippen LogP contribution is 2.13. The number of imide groups is 1. The van der Waals surface area contributed by atoms with E-state index < -0.39 is 17.9 Å². The van der Waals surface area contributed by atoms with E-state index in [1.54, 1.807) is 0 Å². The van der Waals surface area contributed by atoms with Crippen molar-refractivity contribution in [3.8, 4) is 0 Å². The lowest BCUT2D eigenvalue weighted by molar-refractivity contribution is -0.127. The van der Waals surface area contributed by atoms with E-state index in [2.05, 4.69) is 5.32 Å². The van der Waals surface area contributed by atoms with Crippen molar-refractivity contribution < 1.29 is 18.8 Å². The van der Waals surface area contributed by atoms with Crippen molar-refractivity contribution in [1.29, 1.82) is 0 Å². The van der Waals surface area contributed by atoms with Gasteiger partial charge in [0.25, 0.3) is 5.91 Å². The normalized spacial score (nSPS) is 18.0. The first-order valence-corrected chi connectivity index (χ1v) is 6.93. The summed E-state index contributed by atoms with van der Waals surface area (Å²) in [7, 11) is 0. The molecule has 5 nitrogen and oxygen atoms in total. The van der Waals surface area contributed by atoms with Gasteiger partial charge in [-0.1, -0.05) is 13.3 Å². The summed E-state index contributed by atoms with van der Waals surface area (Å²) in [5.74, 6) is -0.925. The molecule has 21 heavy (non-hydrogen) atoms. The molecular formula is C15H17FN2O3. The van der Waals surface area contributed by atoms with Gasteiger partial charge in [-0.25, -0.2) is 9.18 Å². The maximum absolute atomic E-state index is 12.8. The second-order valence-electron chi connectivity index (χ2n) is 4.96. The zero-order chi connectivity index (χ0) is 15.4. The van der Waals surface area contributed by atoms with Crippen LogP contribution >= 0.6 is 0 Å². The van der Waals surface area contributed by atoms with E-state index in [9.17, 15) is 18.8 Å². The van der Waals surface area contributed by atoms with Crippen molar-refractivity contribution in [2.75, 3.05) is 6.54 Å². The molecule has 3 amide bonds. The molecule has 1 atom stereocenters. The van der Waals surface area contributed by atoms with Crippen LogP contribution in [0.5, 0.6) is 0 Å². The molecule has 0 spiro atoms. The fourth-order valence-corrected chi connectivity index (χ4v) is 2.27. The van der Waals surface area contributed by atoms with E-state index in [-0.39, 0.29) is 24.7 Å². The van der Waals surface area contributed by atoms with Crippen LogP contribution in [-0.4, -0.2) is 35.2 Å². The number of amides is 3. The monoisotopic (exact) mass is 292 g/mol. The number of hydrogen-bond acceptors (Lipinski definition) is 3. The fourth-order valence-electron chi connectivity index (χ4n) is 2.27. The molecule has 1 unspecified atom stereocenters. The van der Waals surface area contributed by atoms with Gasteiger partial charge >= 0.3 is 6.03 Å². The standard InChI is InChI=1S/C15H17FN2O3/c1-2-3-12-14(20)18(15(21)17-12)9-8-13(19)10-4-6-11(16)7-5-10/h4-7,12H,2-3,8-9H2,1H3,(H,17,21). The average Bonchev–Trinajstić information content (AvgIpc) is 2.72. The second-order valence-corrected chi connectivity index (χ2v) is 4.96. The Bertz CT molecular complexity index is 557. The molecule has 1 heterocycles. The van der Waals surface area contributed by atoms with E-state index in [0.29, 0.717) is 12.0 Å². The molecule has 1 aromatic rings. The zero-order valence-electron chi connectivity index (χ0n) is 11.8. The summed E-state index contributed by atoms with van der Waals surface area (Å²) in [4.78, 5) is 36.7. The molecule has 6 heteroatoms. The first kappa shape index (κ1) is 15.2. The van der Waals surface area contributed by atoms with Gasteiger partial charge in [0.05, 0.1) is 0 Å². The highest BCUT2D eigenvalue weighted by Gasteiger charge is 2.37. The smallest absolute Gasteiger partial charge is 0.324 e. The van der Waals surface area contributed by atoms with Gasteiger partial charge in [0.2, 0.25) is 0 Å². The van der Waals surface area contributed by atoms with Gasteiger partial charge < -0.3 is 5.32 Å². The van der Waals surface area contributed by atoms with Crippen molar-refractivity contribution in [3.63, 3.8) is 0 Å². The average molecular weight is 292 g/mol. The Kier molecular flexibility index (Phi) is 4.67. The van der Waals surface area contributed by atoms with Gasteiger partial charge in [0.1, 0.15) is 11.9 Å². The third-order valence-corrected chi connectivity index (χ3v) is 3.41. The number of benzene rings is 1. The lowest BCUT2D eigenvalue weighted by Crippen LogP contribution is -2.33. The van der Waals surface area contributed by atoms with E-state index in [4.69, 9.17) is 0 Å². The van der Waals surface area contributed by atoms with Crippen LogP contribution in [0.2, 0.25) is 0 Å². The molecule has 0 radical (unpaired) electrons. The molecule has 1 aromatic carbocycles. The van der Waals surface area contributed by atoms with E-state index >= 15 is 0 Å². The van der Waals surface area contributed by atoms with Crippen molar-refractivity contribution >= 4 is 17.7 Å².